The smallest absolute Gasteiger partial charge is 0.337 e. The van der Waals surface area contributed by atoms with Crippen LogP contribution in [0.15, 0.2) is 36.4 Å². The predicted octanol–water partition coefficient (Wildman–Crippen LogP) is 2.79. The van der Waals surface area contributed by atoms with Crippen LogP contribution in [-0.4, -0.2) is 22.1 Å². The maximum Gasteiger partial charge on any atom is 0.337 e. The van der Waals surface area contributed by atoms with Gasteiger partial charge in [0, 0.05) is 0 Å². The molecule has 2 rings (SSSR count). The number of aromatic hydroxyl groups is 1. The van der Waals surface area contributed by atoms with Gasteiger partial charge in [0.1, 0.15) is 11.6 Å². The van der Waals surface area contributed by atoms with Gasteiger partial charge in [-0.05, 0) is 36.8 Å². The number of hydrogen-bond donors (Lipinski definition) is 3. The second-order valence-corrected chi connectivity index (χ2v) is 4.44. The van der Waals surface area contributed by atoms with Gasteiger partial charge in [-0.15, -0.1) is 0 Å². The number of nitrogens with one attached hydrogen (secondary N) is 1. The number of hydrogen-bond acceptors (Lipinski definition) is 3. The highest BCUT2D eigenvalue weighted by atomic mass is 19.1. The summed E-state index contributed by atoms with van der Waals surface area (Å²) in [6.45, 7) is 1.74. The summed E-state index contributed by atoms with van der Waals surface area (Å²) >= 11 is 0. The Balaban J connectivity index is 2.38. The number of phenols is 1. The van der Waals surface area contributed by atoms with Crippen LogP contribution in [0.3, 0.4) is 0 Å². The minimum absolute atomic E-state index is 0.0693. The quantitative estimate of drug-likeness (QED) is 0.811. The van der Waals surface area contributed by atoms with Crippen molar-refractivity contribution in [1.82, 2.24) is 0 Å². The molecule has 5 nitrogen and oxygen atoms in total. The van der Waals surface area contributed by atoms with Crippen LogP contribution in [-0.2, 0) is 0 Å². The number of anilines is 1. The number of aryl methyl sites for hydroxylation is 1. The van der Waals surface area contributed by atoms with Crippen molar-refractivity contribution in [3.05, 3.63) is 58.9 Å². The van der Waals surface area contributed by atoms with E-state index >= 15 is 0 Å². The molecule has 2 aromatic carbocycles. The van der Waals surface area contributed by atoms with Crippen LogP contribution in [0.2, 0.25) is 0 Å². The molecule has 0 radical (unpaired) electrons. The number of para-hydroxylation sites is 1. The molecule has 0 heterocycles. The zero-order valence-corrected chi connectivity index (χ0v) is 11.1. The summed E-state index contributed by atoms with van der Waals surface area (Å²) in [6.07, 6.45) is 0. The van der Waals surface area contributed by atoms with Crippen molar-refractivity contribution in [1.29, 1.82) is 0 Å². The first-order valence-corrected chi connectivity index (χ1v) is 6.03. The highest BCUT2D eigenvalue weighted by Crippen LogP contribution is 2.23. The fraction of sp³-hybridized carbons (Fsp3) is 0.0667. The molecule has 0 fully saturated rings. The number of carbonyl (C=O) groups is 2. The van der Waals surface area contributed by atoms with Crippen LogP contribution < -0.4 is 5.32 Å². The van der Waals surface area contributed by atoms with Gasteiger partial charge in [0.2, 0.25) is 0 Å². The summed E-state index contributed by atoms with van der Waals surface area (Å²) in [5, 5.41) is 20.9. The van der Waals surface area contributed by atoms with Crippen LogP contribution in [0.1, 0.15) is 26.3 Å². The summed E-state index contributed by atoms with van der Waals surface area (Å²) < 4.78 is 13.7. The van der Waals surface area contributed by atoms with E-state index in [9.17, 15) is 19.1 Å². The van der Waals surface area contributed by atoms with E-state index in [1.54, 1.807) is 13.0 Å². The van der Waals surface area contributed by atoms with Crippen LogP contribution in [0.4, 0.5) is 10.1 Å². The Morgan fingerprint density at radius 3 is 2.48 bits per heavy atom. The normalized spacial score (nSPS) is 10.2. The third-order valence-electron chi connectivity index (χ3n) is 2.88. The summed E-state index contributed by atoms with van der Waals surface area (Å²) in [4.78, 5) is 23.1. The Labute approximate surface area is 119 Å². The molecule has 6 heteroatoms. The number of carboxylic acids is 1. The van der Waals surface area contributed by atoms with Gasteiger partial charge in [0.25, 0.3) is 5.91 Å². The van der Waals surface area contributed by atoms with E-state index in [1.807, 2.05) is 0 Å². The number of carbonyl (C=O) groups excluding carboxylic acids is 1. The van der Waals surface area contributed by atoms with Crippen LogP contribution in [0.25, 0.3) is 0 Å². The Morgan fingerprint density at radius 1 is 1.14 bits per heavy atom. The third-order valence-corrected chi connectivity index (χ3v) is 2.88. The first kappa shape index (κ1) is 14.5. The lowest BCUT2D eigenvalue weighted by Crippen LogP contribution is -2.16. The monoisotopic (exact) mass is 289 g/mol. The molecule has 0 bridgehead atoms. The van der Waals surface area contributed by atoms with Gasteiger partial charge in [0.15, 0.2) is 0 Å². The number of halogens is 1. The Bertz CT molecular complexity index is 728. The molecule has 0 aliphatic heterocycles. The number of phenolic OH excluding ortho intramolecular Hbond substituents is 1. The number of benzene rings is 2. The minimum Gasteiger partial charge on any atom is -0.507 e. The molecule has 2 aromatic rings. The molecule has 0 aromatic heterocycles. The second kappa shape index (κ2) is 5.62. The van der Waals surface area contributed by atoms with Gasteiger partial charge in [0.05, 0.1) is 16.8 Å². The SMILES string of the molecule is Cc1ccc(C(=O)Nc2c(F)cccc2C(=O)O)c(O)c1. The lowest BCUT2D eigenvalue weighted by molar-refractivity contribution is 0.0697. The van der Waals surface area contributed by atoms with Gasteiger partial charge in [-0.3, -0.25) is 4.79 Å². The minimum atomic E-state index is -1.36. The van der Waals surface area contributed by atoms with E-state index in [-0.39, 0.29) is 16.9 Å². The first-order chi connectivity index (χ1) is 9.90. The summed E-state index contributed by atoms with van der Waals surface area (Å²) in [7, 11) is 0. The van der Waals surface area contributed by atoms with Gasteiger partial charge in [-0.1, -0.05) is 12.1 Å². The molecule has 108 valence electrons. The van der Waals surface area contributed by atoms with Crippen molar-refractivity contribution in [2.24, 2.45) is 0 Å². The highest BCUT2D eigenvalue weighted by Gasteiger charge is 2.18. The standard InChI is InChI=1S/C15H12FNO4/c1-8-5-6-9(12(18)7-8)14(19)17-13-10(15(20)21)3-2-4-11(13)16/h2-7,18H,1H3,(H,17,19)(H,20,21). The molecule has 21 heavy (non-hydrogen) atoms. The second-order valence-electron chi connectivity index (χ2n) is 4.44. The van der Waals surface area contributed by atoms with Crippen LogP contribution >= 0.6 is 0 Å². The number of amides is 1. The zero-order valence-electron chi connectivity index (χ0n) is 11.1. The summed E-state index contributed by atoms with van der Waals surface area (Å²) in [5.41, 5.74) is -0.119. The molecule has 0 unspecified atom stereocenters. The van der Waals surface area contributed by atoms with Crippen LogP contribution in [0.5, 0.6) is 5.75 Å². The average molecular weight is 289 g/mol. The summed E-state index contributed by atoms with van der Waals surface area (Å²) in [6, 6.07) is 7.81. The van der Waals surface area contributed by atoms with E-state index in [4.69, 9.17) is 5.11 Å². The zero-order chi connectivity index (χ0) is 15.6. The molecule has 0 saturated heterocycles. The van der Waals surface area contributed by atoms with E-state index in [1.165, 1.54) is 24.3 Å². The van der Waals surface area contributed by atoms with E-state index < -0.39 is 23.4 Å². The molecular weight excluding hydrogens is 277 g/mol. The van der Waals surface area contributed by atoms with Crippen molar-refractivity contribution >= 4 is 17.6 Å². The van der Waals surface area contributed by atoms with Crippen molar-refractivity contribution in [2.75, 3.05) is 5.32 Å². The summed E-state index contributed by atoms with van der Waals surface area (Å²) in [5.74, 6) is -3.28. The number of rotatable bonds is 3. The first-order valence-electron chi connectivity index (χ1n) is 6.03. The molecular formula is C15H12FNO4. The van der Waals surface area contributed by atoms with Gasteiger partial charge in [-0.25, -0.2) is 9.18 Å². The topological polar surface area (TPSA) is 86.6 Å². The van der Waals surface area contributed by atoms with Crippen molar-refractivity contribution in [2.45, 2.75) is 6.92 Å². The Morgan fingerprint density at radius 2 is 1.86 bits per heavy atom. The molecule has 0 spiro atoms. The number of carboxylic acid groups (broad SMARTS) is 1. The molecule has 0 atom stereocenters. The van der Waals surface area contributed by atoms with Gasteiger partial charge >= 0.3 is 5.97 Å². The van der Waals surface area contributed by atoms with E-state index in [0.717, 1.165) is 11.6 Å². The Kier molecular flexibility index (Phi) is 3.89. The average Bonchev–Trinajstić information content (AvgIpc) is 2.40. The maximum absolute atomic E-state index is 13.7. The lowest BCUT2D eigenvalue weighted by atomic mass is 10.1. The maximum atomic E-state index is 13.7. The van der Waals surface area contributed by atoms with Crippen molar-refractivity contribution in [3.63, 3.8) is 0 Å². The van der Waals surface area contributed by atoms with E-state index in [0.29, 0.717) is 0 Å². The van der Waals surface area contributed by atoms with Crippen molar-refractivity contribution in [3.8, 4) is 5.75 Å². The molecule has 0 aliphatic rings. The van der Waals surface area contributed by atoms with Gasteiger partial charge in [-0.2, -0.15) is 0 Å². The Hall–Kier alpha value is -2.89. The van der Waals surface area contributed by atoms with E-state index in [2.05, 4.69) is 5.32 Å². The fourth-order valence-corrected chi connectivity index (χ4v) is 1.84. The predicted molar refractivity (Wildman–Crippen MR) is 74.2 cm³/mol. The molecule has 0 saturated carbocycles. The number of aromatic carboxylic acids is 1. The highest BCUT2D eigenvalue weighted by molar-refractivity contribution is 6.09. The van der Waals surface area contributed by atoms with Gasteiger partial charge < -0.3 is 15.5 Å². The lowest BCUT2D eigenvalue weighted by Gasteiger charge is -2.10. The van der Waals surface area contributed by atoms with Crippen LogP contribution in [0, 0.1) is 12.7 Å². The fourth-order valence-electron chi connectivity index (χ4n) is 1.84. The largest absolute Gasteiger partial charge is 0.507 e. The van der Waals surface area contributed by atoms with Crippen molar-refractivity contribution < 1.29 is 24.2 Å². The molecule has 1 amide bonds. The molecule has 0 aliphatic carbocycles. The molecule has 3 N–H and O–H groups in total. The third kappa shape index (κ3) is 3.00.